The van der Waals surface area contributed by atoms with Crippen molar-refractivity contribution in [3.8, 4) is 5.75 Å². The summed E-state index contributed by atoms with van der Waals surface area (Å²) in [5.41, 5.74) is 2.79. The van der Waals surface area contributed by atoms with E-state index in [0.29, 0.717) is 13.0 Å². The first-order valence-electron chi connectivity index (χ1n) is 6.74. The molecule has 0 fully saturated rings. The first-order chi connectivity index (χ1) is 8.77. The Morgan fingerprint density at radius 3 is 2.42 bits per heavy atom. The average molecular weight is 264 g/mol. The van der Waals surface area contributed by atoms with Crippen molar-refractivity contribution in [1.29, 1.82) is 0 Å². The highest BCUT2D eigenvalue weighted by Gasteiger charge is 2.26. The number of benzene rings is 1. The summed E-state index contributed by atoms with van der Waals surface area (Å²) >= 11 is 0. The summed E-state index contributed by atoms with van der Waals surface area (Å²) in [5.74, 6) is 0.175. The van der Waals surface area contributed by atoms with Gasteiger partial charge in [0.1, 0.15) is 5.75 Å². The average Bonchev–Trinajstić information content (AvgIpc) is 2.32. The quantitative estimate of drug-likeness (QED) is 0.851. The molecule has 0 amide bonds. The molecule has 0 aliphatic heterocycles. The normalized spacial score (nSPS) is 11.4. The molecule has 0 atom stereocenters. The lowest BCUT2D eigenvalue weighted by Gasteiger charge is -2.20. The Morgan fingerprint density at radius 2 is 1.89 bits per heavy atom. The molecule has 1 aromatic carbocycles. The number of hydrogen-bond acceptors (Lipinski definition) is 2. The van der Waals surface area contributed by atoms with Gasteiger partial charge in [0.05, 0.1) is 12.0 Å². The van der Waals surface area contributed by atoms with Crippen LogP contribution in [0.1, 0.15) is 43.9 Å². The van der Waals surface area contributed by atoms with Crippen LogP contribution >= 0.6 is 0 Å². The van der Waals surface area contributed by atoms with Gasteiger partial charge in [-0.2, -0.15) is 0 Å². The summed E-state index contributed by atoms with van der Waals surface area (Å²) in [6.07, 6.45) is 1.41. The maximum atomic E-state index is 11.1. The van der Waals surface area contributed by atoms with Gasteiger partial charge in [-0.05, 0) is 70.2 Å². The number of carbonyl (C=O) groups is 1. The third-order valence-electron chi connectivity index (χ3n) is 3.53. The van der Waals surface area contributed by atoms with Crippen LogP contribution < -0.4 is 4.74 Å². The maximum absolute atomic E-state index is 11.1. The van der Waals surface area contributed by atoms with E-state index in [9.17, 15) is 4.79 Å². The predicted octanol–water partition coefficient (Wildman–Crippen LogP) is 3.75. The Morgan fingerprint density at radius 1 is 1.26 bits per heavy atom. The van der Waals surface area contributed by atoms with Crippen molar-refractivity contribution in [3.63, 3.8) is 0 Å². The molecule has 0 bridgehead atoms. The highest BCUT2D eigenvalue weighted by Crippen LogP contribution is 2.27. The van der Waals surface area contributed by atoms with E-state index in [2.05, 4.69) is 6.07 Å². The van der Waals surface area contributed by atoms with Crippen molar-refractivity contribution >= 4 is 5.97 Å². The fourth-order valence-electron chi connectivity index (χ4n) is 1.98. The lowest BCUT2D eigenvalue weighted by atomic mass is 9.85. The molecule has 1 aromatic rings. The molecule has 0 aromatic heterocycles. The van der Waals surface area contributed by atoms with Crippen LogP contribution in [0.15, 0.2) is 12.1 Å². The maximum Gasteiger partial charge on any atom is 0.309 e. The molecule has 0 heterocycles. The van der Waals surface area contributed by atoms with Gasteiger partial charge in [-0.3, -0.25) is 4.79 Å². The number of aryl methyl sites for hydroxylation is 3. The van der Waals surface area contributed by atoms with Crippen LogP contribution in [-0.2, 0) is 11.2 Å². The molecule has 19 heavy (non-hydrogen) atoms. The fourth-order valence-corrected chi connectivity index (χ4v) is 1.98. The molecule has 0 saturated heterocycles. The van der Waals surface area contributed by atoms with Gasteiger partial charge in [0.15, 0.2) is 0 Å². The van der Waals surface area contributed by atoms with Crippen molar-refractivity contribution in [2.24, 2.45) is 5.41 Å². The van der Waals surface area contributed by atoms with E-state index in [1.807, 2.05) is 26.8 Å². The molecule has 1 rings (SSSR count). The van der Waals surface area contributed by atoms with E-state index in [1.54, 1.807) is 13.8 Å². The van der Waals surface area contributed by atoms with Crippen molar-refractivity contribution in [2.45, 2.75) is 47.5 Å². The number of carboxylic acids is 1. The molecular formula is C16H24O3. The smallest absolute Gasteiger partial charge is 0.309 e. The van der Waals surface area contributed by atoms with Crippen LogP contribution in [0.2, 0.25) is 0 Å². The third-order valence-corrected chi connectivity index (χ3v) is 3.53. The Hall–Kier alpha value is -1.51. The second-order valence-electron chi connectivity index (χ2n) is 5.67. The zero-order valence-electron chi connectivity index (χ0n) is 12.5. The summed E-state index contributed by atoms with van der Waals surface area (Å²) in [7, 11) is 0. The first-order valence-corrected chi connectivity index (χ1v) is 6.74. The molecule has 1 N–H and O–H groups in total. The van der Waals surface area contributed by atoms with Crippen molar-refractivity contribution in [2.75, 3.05) is 6.61 Å². The Kier molecular flexibility index (Phi) is 4.98. The lowest BCUT2D eigenvalue weighted by molar-refractivity contribution is -0.147. The standard InChI is InChI=1S/C16H24O3/c1-6-19-14-10-11(2)13(9-12(14)3)7-8-16(4,5)15(17)18/h9-10H,6-8H2,1-5H3,(H,17,18). The van der Waals surface area contributed by atoms with Crippen LogP contribution in [0, 0.1) is 19.3 Å². The monoisotopic (exact) mass is 264 g/mol. The first kappa shape index (κ1) is 15.5. The fraction of sp³-hybridized carbons (Fsp3) is 0.562. The molecule has 3 nitrogen and oxygen atoms in total. The van der Waals surface area contributed by atoms with E-state index in [4.69, 9.17) is 9.84 Å². The van der Waals surface area contributed by atoms with Gasteiger partial charge in [-0.1, -0.05) is 6.07 Å². The van der Waals surface area contributed by atoms with E-state index >= 15 is 0 Å². The molecule has 3 heteroatoms. The second-order valence-corrected chi connectivity index (χ2v) is 5.67. The minimum atomic E-state index is -0.743. The zero-order valence-corrected chi connectivity index (χ0v) is 12.5. The molecule has 106 valence electrons. The predicted molar refractivity (Wildman–Crippen MR) is 76.8 cm³/mol. The van der Waals surface area contributed by atoms with Gasteiger partial charge in [-0.15, -0.1) is 0 Å². The highest BCUT2D eigenvalue weighted by atomic mass is 16.5. The molecule has 0 saturated carbocycles. The van der Waals surface area contributed by atoms with E-state index in [0.717, 1.165) is 23.3 Å². The Bertz CT molecular complexity index is 461. The van der Waals surface area contributed by atoms with E-state index < -0.39 is 11.4 Å². The van der Waals surface area contributed by atoms with Gasteiger partial charge in [0.2, 0.25) is 0 Å². The van der Waals surface area contributed by atoms with Crippen LogP contribution in [0.4, 0.5) is 0 Å². The highest BCUT2D eigenvalue weighted by molar-refractivity contribution is 5.73. The molecule has 0 spiro atoms. The van der Waals surface area contributed by atoms with Crippen molar-refractivity contribution in [3.05, 3.63) is 28.8 Å². The summed E-state index contributed by atoms with van der Waals surface area (Å²) in [4.78, 5) is 11.1. The van der Waals surface area contributed by atoms with E-state index in [-0.39, 0.29) is 0 Å². The molecule has 0 radical (unpaired) electrons. The van der Waals surface area contributed by atoms with Crippen LogP contribution in [-0.4, -0.2) is 17.7 Å². The van der Waals surface area contributed by atoms with Crippen LogP contribution in [0.25, 0.3) is 0 Å². The van der Waals surface area contributed by atoms with Crippen LogP contribution in [0.5, 0.6) is 5.75 Å². The number of carboxylic acid groups (broad SMARTS) is 1. The van der Waals surface area contributed by atoms with Gasteiger partial charge in [0.25, 0.3) is 0 Å². The molecular weight excluding hydrogens is 240 g/mol. The topological polar surface area (TPSA) is 46.5 Å². The van der Waals surface area contributed by atoms with Gasteiger partial charge >= 0.3 is 5.97 Å². The lowest BCUT2D eigenvalue weighted by Crippen LogP contribution is -2.24. The van der Waals surface area contributed by atoms with Crippen molar-refractivity contribution in [1.82, 2.24) is 0 Å². The molecule has 0 aliphatic carbocycles. The number of aliphatic carboxylic acids is 1. The molecule has 0 unspecified atom stereocenters. The summed E-state index contributed by atoms with van der Waals surface area (Å²) < 4.78 is 5.56. The number of ether oxygens (including phenoxy) is 1. The Labute approximate surface area is 115 Å². The third kappa shape index (κ3) is 3.98. The van der Waals surface area contributed by atoms with Gasteiger partial charge in [-0.25, -0.2) is 0 Å². The number of hydrogen-bond donors (Lipinski definition) is 1. The van der Waals surface area contributed by atoms with E-state index in [1.165, 1.54) is 5.56 Å². The summed E-state index contributed by atoms with van der Waals surface area (Å²) in [6.45, 7) is 10.2. The minimum Gasteiger partial charge on any atom is -0.494 e. The minimum absolute atomic E-state index is 0.636. The second kappa shape index (κ2) is 6.09. The SMILES string of the molecule is CCOc1cc(C)c(CCC(C)(C)C(=O)O)cc1C. The zero-order chi connectivity index (χ0) is 14.6. The molecule has 0 aliphatic rings. The Balaban J connectivity index is 2.86. The number of rotatable bonds is 6. The summed E-state index contributed by atoms with van der Waals surface area (Å²) in [5, 5.41) is 9.14. The van der Waals surface area contributed by atoms with Gasteiger partial charge < -0.3 is 9.84 Å². The van der Waals surface area contributed by atoms with Crippen LogP contribution in [0.3, 0.4) is 0 Å². The summed E-state index contributed by atoms with van der Waals surface area (Å²) in [6, 6.07) is 4.15. The largest absolute Gasteiger partial charge is 0.494 e. The van der Waals surface area contributed by atoms with Gasteiger partial charge in [0, 0.05) is 0 Å². The van der Waals surface area contributed by atoms with Crippen molar-refractivity contribution < 1.29 is 14.6 Å².